The van der Waals surface area contributed by atoms with Crippen LogP contribution < -0.4 is 14.4 Å². The van der Waals surface area contributed by atoms with Gasteiger partial charge in [0.15, 0.2) is 16.7 Å². The second-order valence-corrected chi connectivity index (χ2v) is 7.88. The molecule has 29 heavy (non-hydrogen) atoms. The Bertz CT molecular complexity index is 940. The SMILES string of the molecule is CCOc1cc2nc(S(=O)Cc3ccccc3N(CC)CC)[nH]c2cc1OCC. The molecular weight excluding hydrogens is 386 g/mol. The lowest BCUT2D eigenvalue weighted by atomic mass is 10.2. The molecule has 156 valence electrons. The van der Waals surface area contributed by atoms with Crippen LogP contribution in [0.25, 0.3) is 11.0 Å². The first kappa shape index (κ1) is 21.2. The van der Waals surface area contributed by atoms with Gasteiger partial charge in [-0.15, -0.1) is 0 Å². The minimum absolute atomic E-state index is 0.406. The van der Waals surface area contributed by atoms with E-state index in [1.54, 1.807) is 0 Å². The highest BCUT2D eigenvalue weighted by Crippen LogP contribution is 2.32. The van der Waals surface area contributed by atoms with E-state index in [0.29, 0.717) is 35.6 Å². The van der Waals surface area contributed by atoms with Crippen molar-refractivity contribution in [3.05, 3.63) is 42.0 Å². The predicted molar refractivity (Wildman–Crippen MR) is 119 cm³/mol. The molecule has 1 unspecified atom stereocenters. The molecule has 1 heterocycles. The Morgan fingerprint density at radius 1 is 1.00 bits per heavy atom. The molecule has 1 aromatic heterocycles. The van der Waals surface area contributed by atoms with Crippen molar-refractivity contribution in [2.75, 3.05) is 31.2 Å². The number of hydrogen-bond donors (Lipinski definition) is 1. The molecular formula is C22H29N3O3S. The van der Waals surface area contributed by atoms with Crippen molar-refractivity contribution in [2.45, 2.75) is 38.6 Å². The Hall–Kier alpha value is -2.54. The number of fused-ring (bicyclic) bond motifs is 1. The normalized spacial score (nSPS) is 12.1. The van der Waals surface area contributed by atoms with E-state index in [-0.39, 0.29) is 0 Å². The number of nitrogens with one attached hydrogen (secondary N) is 1. The maximum atomic E-state index is 13.1. The summed E-state index contributed by atoms with van der Waals surface area (Å²) in [7, 11) is -1.29. The van der Waals surface area contributed by atoms with Gasteiger partial charge in [-0.25, -0.2) is 4.98 Å². The highest BCUT2D eigenvalue weighted by molar-refractivity contribution is 7.84. The van der Waals surface area contributed by atoms with Crippen molar-refractivity contribution in [3.63, 3.8) is 0 Å². The maximum absolute atomic E-state index is 13.1. The summed E-state index contributed by atoms with van der Waals surface area (Å²) in [5.74, 6) is 1.72. The van der Waals surface area contributed by atoms with Crippen molar-refractivity contribution in [2.24, 2.45) is 0 Å². The van der Waals surface area contributed by atoms with E-state index in [9.17, 15) is 4.21 Å². The Morgan fingerprint density at radius 2 is 1.66 bits per heavy atom. The minimum Gasteiger partial charge on any atom is -0.490 e. The Labute approximate surface area is 174 Å². The molecule has 2 aromatic carbocycles. The van der Waals surface area contributed by atoms with Gasteiger partial charge in [-0.05, 0) is 39.3 Å². The van der Waals surface area contributed by atoms with Gasteiger partial charge in [0.25, 0.3) is 0 Å². The summed E-state index contributed by atoms with van der Waals surface area (Å²) in [5, 5.41) is 0.463. The molecule has 0 radical (unpaired) electrons. The fraction of sp³-hybridized carbons (Fsp3) is 0.409. The smallest absolute Gasteiger partial charge is 0.197 e. The van der Waals surface area contributed by atoms with Crippen LogP contribution in [0.1, 0.15) is 33.3 Å². The van der Waals surface area contributed by atoms with E-state index in [2.05, 4.69) is 34.8 Å². The zero-order valence-corrected chi connectivity index (χ0v) is 18.3. The van der Waals surface area contributed by atoms with Gasteiger partial charge >= 0.3 is 0 Å². The van der Waals surface area contributed by atoms with Crippen LogP contribution in [-0.2, 0) is 16.6 Å². The minimum atomic E-state index is -1.29. The monoisotopic (exact) mass is 415 g/mol. The molecule has 1 atom stereocenters. The number of nitrogens with zero attached hydrogens (tertiary/aromatic N) is 2. The Morgan fingerprint density at radius 3 is 2.31 bits per heavy atom. The third kappa shape index (κ3) is 4.72. The van der Waals surface area contributed by atoms with E-state index in [1.807, 2.05) is 44.2 Å². The number of rotatable bonds is 10. The van der Waals surface area contributed by atoms with Crippen molar-refractivity contribution >= 4 is 27.5 Å². The predicted octanol–water partition coefficient (Wildman–Crippen LogP) is 4.51. The van der Waals surface area contributed by atoms with E-state index < -0.39 is 10.8 Å². The van der Waals surface area contributed by atoms with E-state index in [4.69, 9.17) is 9.47 Å². The van der Waals surface area contributed by atoms with Crippen molar-refractivity contribution < 1.29 is 13.7 Å². The Balaban J connectivity index is 1.90. The highest BCUT2D eigenvalue weighted by Gasteiger charge is 2.17. The van der Waals surface area contributed by atoms with Gasteiger partial charge in [0, 0.05) is 30.9 Å². The van der Waals surface area contributed by atoms with Crippen LogP contribution >= 0.6 is 0 Å². The fourth-order valence-corrected chi connectivity index (χ4v) is 4.44. The lowest BCUT2D eigenvalue weighted by molar-refractivity contribution is 0.288. The fourth-order valence-electron chi connectivity index (χ4n) is 3.35. The third-order valence-electron chi connectivity index (χ3n) is 4.72. The van der Waals surface area contributed by atoms with E-state index in [0.717, 1.165) is 35.4 Å². The van der Waals surface area contributed by atoms with Crippen molar-refractivity contribution in [3.8, 4) is 11.5 Å². The van der Waals surface area contributed by atoms with Gasteiger partial charge in [-0.1, -0.05) is 18.2 Å². The molecule has 0 bridgehead atoms. The first-order valence-electron chi connectivity index (χ1n) is 10.1. The van der Waals surface area contributed by atoms with Crippen LogP contribution in [0.15, 0.2) is 41.6 Å². The molecule has 3 rings (SSSR count). The third-order valence-corrected chi connectivity index (χ3v) is 5.92. The summed E-state index contributed by atoms with van der Waals surface area (Å²) in [5.41, 5.74) is 3.69. The van der Waals surface area contributed by atoms with Gasteiger partial charge in [0.05, 0.1) is 40.8 Å². The maximum Gasteiger partial charge on any atom is 0.197 e. The first-order chi connectivity index (χ1) is 14.1. The number of para-hydroxylation sites is 1. The van der Waals surface area contributed by atoms with Crippen LogP contribution in [-0.4, -0.2) is 40.5 Å². The number of aromatic nitrogens is 2. The van der Waals surface area contributed by atoms with Crippen LogP contribution in [0.4, 0.5) is 5.69 Å². The van der Waals surface area contributed by atoms with Gasteiger partial charge in [0.1, 0.15) is 0 Å². The Kier molecular flexibility index (Phi) is 7.14. The molecule has 0 saturated heterocycles. The summed E-state index contributed by atoms with van der Waals surface area (Å²) in [4.78, 5) is 10.0. The van der Waals surface area contributed by atoms with E-state index in [1.165, 1.54) is 0 Å². The molecule has 3 aromatic rings. The van der Waals surface area contributed by atoms with Crippen LogP contribution in [0, 0.1) is 0 Å². The number of benzene rings is 2. The number of aromatic amines is 1. The number of H-pyrrole nitrogens is 1. The van der Waals surface area contributed by atoms with Crippen LogP contribution in [0.5, 0.6) is 11.5 Å². The quantitative estimate of drug-likeness (QED) is 0.527. The van der Waals surface area contributed by atoms with Gasteiger partial charge in [-0.3, -0.25) is 4.21 Å². The van der Waals surface area contributed by atoms with Crippen molar-refractivity contribution in [1.82, 2.24) is 9.97 Å². The molecule has 0 spiro atoms. The second-order valence-electron chi connectivity index (χ2n) is 6.51. The summed E-state index contributed by atoms with van der Waals surface area (Å²) in [6, 6.07) is 11.8. The van der Waals surface area contributed by atoms with Gasteiger partial charge in [-0.2, -0.15) is 0 Å². The molecule has 0 aliphatic carbocycles. The summed E-state index contributed by atoms with van der Waals surface area (Å²) in [6.45, 7) is 11.0. The summed E-state index contributed by atoms with van der Waals surface area (Å²) < 4.78 is 24.4. The molecule has 1 N–H and O–H groups in total. The standard InChI is InChI=1S/C22H29N3O3S/c1-5-25(6-2)19-12-10-9-11-16(19)15-29(26)22-23-17-13-20(27-7-3)21(28-8-4)14-18(17)24-22/h9-14H,5-8,15H2,1-4H3,(H,23,24). The zero-order chi connectivity index (χ0) is 20.8. The number of anilines is 1. The average molecular weight is 416 g/mol. The molecule has 0 aliphatic heterocycles. The van der Waals surface area contributed by atoms with Crippen molar-refractivity contribution in [1.29, 1.82) is 0 Å². The van der Waals surface area contributed by atoms with Crippen LogP contribution in [0.2, 0.25) is 0 Å². The molecule has 0 amide bonds. The van der Waals surface area contributed by atoms with E-state index >= 15 is 0 Å². The average Bonchev–Trinajstić information content (AvgIpc) is 3.14. The first-order valence-corrected chi connectivity index (χ1v) is 11.4. The molecule has 0 aliphatic rings. The van der Waals surface area contributed by atoms with Gasteiger partial charge < -0.3 is 19.4 Å². The molecule has 0 fully saturated rings. The second kappa shape index (κ2) is 9.78. The lowest BCUT2D eigenvalue weighted by Crippen LogP contribution is -2.23. The largest absolute Gasteiger partial charge is 0.490 e. The number of imidazole rings is 1. The zero-order valence-electron chi connectivity index (χ0n) is 17.5. The number of ether oxygens (including phenoxy) is 2. The molecule has 7 heteroatoms. The summed E-state index contributed by atoms with van der Waals surface area (Å²) >= 11 is 0. The van der Waals surface area contributed by atoms with Gasteiger partial charge in [0.2, 0.25) is 0 Å². The molecule has 0 saturated carbocycles. The highest BCUT2D eigenvalue weighted by atomic mass is 32.2. The summed E-state index contributed by atoms with van der Waals surface area (Å²) in [6.07, 6.45) is 0. The molecule has 6 nitrogen and oxygen atoms in total. The topological polar surface area (TPSA) is 67.5 Å². The van der Waals surface area contributed by atoms with Crippen LogP contribution in [0.3, 0.4) is 0 Å². The number of hydrogen-bond acceptors (Lipinski definition) is 5. The lowest BCUT2D eigenvalue weighted by Gasteiger charge is -2.23.